The quantitative estimate of drug-likeness (QED) is 0.615. The Morgan fingerprint density at radius 3 is 2.67 bits per heavy atom. The molecule has 8 heteroatoms. The molecule has 3 fully saturated rings. The molecule has 0 radical (unpaired) electrons. The molecule has 1 atom stereocenters. The average Bonchev–Trinajstić information content (AvgIpc) is 3.54. The van der Waals surface area contributed by atoms with Crippen LogP contribution in [0.4, 0.5) is 4.79 Å². The SMILES string of the molecule is COCCNC(=O)N1CCCC(N(CCN2CCOCC2)C(=O)C2CC2)C1. The van der Waals surface area contributed by atoms with Crippen molar-refractivity contribution in [1.29, 1.82) is 0 Å². The lowest BCUT2D eigenvalue weighted by molar-refractivity contribution is -0.136. The highest BCUT2D eigenvalue weighted by Gasteiger charge is 2.38. The van der Waals surface area contributed by atoms with Crippen LogP contribution in [0, 0.1) is 5.92 Å². The topological polar surface area (TPSA) is 74.3 Å². The molecular weight excluding hydrogens is 348 g/mol. The molecule has 27 heavy (non-hydrogen) atoms. The van der Waals surface area contributed by atoms with Gasteiger partial charge in [-0.25, -0.2) is 4.79 Å². The van der Waals surface area contributed by atoms with Gasteiger partial charge in [-0.1, -0.05) is 0 Å². The Hall–Kier alpha value is -1.38. The van der Waals surface area contributed by atoms with Crippen LogP contribution in [0.5, 0.6) is 0 Å². The Morgan fingerprint density at radius 1 is 1.19 bits per heavy atom. The summed E-state index contributed by atoms with van der Waals surface area (Å²) in [4.78, 5) is 31.6. The number of nitrogens with zero attached hydrogens (tertiary/aromatic N) is 3. The first-order valence-corrected chi connectivity index (χ1v) is 10.3. The van der Waals surface area contributed by atoms with Gasteiger partial charge in [0.15, 0.2) is 0 Å². The van der Waals surface area contributed by atoms with Gasteiger partial charge in [0.25, 0.3) is 0 Å². The maximum Gasteiger partial charge on any atom is 0.317 e. The minimum Gasteiger partial charge on any atom is -0.383 e. The summed E-state index contributed by atoms with van der Waals surface area (Å²) in [5.74, 6) is 0.496. The molecule has 3 amide bonds. The van der Waals surface area contributed by atoms with Crippen molar-refractivity contribution in [3.63, 3.8) is 0 Å². The Kier molecular flexibility index (Phi) is 7.72. The number of amides is 3. The van der Waals surface area contributed by atoms with E-state index in [1.165, 1.54) is 0 Å². The monoisotopic (exact) mass is 382 g/mol. The highest BCUT2D eigenvalue weighted by atomic mass is 16.5. The van der Waals surface area contributed by atoms with Gasteiger partial charge in [-0.3, -0.25) is 9.69 Å². The van der Waals surface area contributed by atoms with Gasteiger partial charge in [-0.05, 0) is 25.7 Å². The number of nitrogens with one attached hydrogen (secondary N) is 1. The first-order chi connectivity index (χ1) is 13.2. The number of methoxy groups -OCH3 is 1. The number of hydrogen-bond donors (Lipinski definition) is 1. The molecule has 0 spiro atoms. The fraction of sp³-hybridized carbons (Fsp3) is 0.895. The lowest BCUT2D eigenvalue weighted by atomic mass is 10.0. The van der Waals surface area contributed by atoms with E-state index in [0.717, 1.165) is 71.6 Å². The maximum atomic E-state index is 12.9. The molecule has 1 saturated carbocycles. The van der Waals surface area contributed by atoms with Gasteiger partial charge in [-0.2, -0.15) is 0 Å². The maximum absolute atomic E-state index is 12.9. The highest BCUT2D eigenvalue weighted by Crippen LogP contribution is 2.32. The molecule has 2 aliphatic heterocycles. The Balaban J connectivity index is 1.55. The van der Waals surface area contributed by atoms with Crippen molar-refractivity contribution in [2.45, 2.75) is 31.7 Å². The van der Waals surface area contributed by atoms with Crippen molar-refractivity contribution in [1.82, 2.24) is 20.0 Å². The molecule has 1 aliphatic carbocycles. The number of morpholine rings is 1. The van der Waals surface area contributed by atoms with Gasteiger partial charge >= 0.3 is 6.03 Å². The van der Waals surface area contributed by atoms with Gasteiger partial charge in [0.1, 0.15) is 0 Å². The number of carbonyl (C=O) groups excluding carboxylic acids is 2. The van der Waals surface area contributed by atoms with E-state index in [0.29, 0.717) is 19.7 Å². The van der Waals surface area contributed by atoms with Gasteiger partial charge in [0.05, 0.1) is 19.8 Å². The summed E-state index contributed by atoms with van der Waals surface area (Å²) in [7, 11) is 1.62. The van der Waals surface area contributed by atoms with Crippen molar-refractivity contribution >= 4 is 11.9 Å². The number of carbonyl (C=O) groups is 2. The van der Waals surface area contributed by atoms with Crippen LogP contribution < -0.4 is 5.32 Å². The lowest BCUT2D eigenvalue weighted by Crippen LogP contribution is -2.55. The van der Waals surface area contributed by atoms with Crippen LogP contribution in [-0.4, -0.2) is 105 Å². The molecule has 1 N–H and O–H groups in total. The first kappa shape index (κ1) is 20.4. The van der Waals surface area contributed by atoms with Crippen LogP contribution in [0.15, 0.2) is 0 Å². The summed E-state index contributed by atoms with van der Waals surface area (Å²) in [5.41, 5.74) is 0. The van der Waals surface area contributed by atoms with E-state index in [4.69, 9.17) is 9.47 Å². The Labute approximate surface area is 162 Å². The van der Waals surface area contributed by atoms with E-state index >= 15 is 0 Å². The summed E-state index contributed by atoms with van der Waals surface area (Å²) >= 11 is 0. The van der Waals surface area contributed by atoms with Crippen LogP contribution >= 0.6 is 0 Å². The third-order valence-electron chi connectivity index (χ3n) is 5.68. The second-order valence-electron chi connectivity index (χ2n) is 7.73. The van der Waals surface area contributed by atoms with Crippen LogP contribution in [-0.2, 0) is 14.3 Å². The summed E-state index contributed by atoms with van der Waals surface area (Å²) in [6.07, 6.45) is 3.94. The van der Waals surface area contributed by atoms with E-state index in [2.05, 4.69) is 15.1 Å². The van der Waals surface area contributed by atoms with E-state index in [1.807, 2.05) is 4.90 Å². The van der Waals surface area contributed by atoms with E-state index in [-0.39, 0.29) is 23.9 Å². The predicted octanol–water partition coefficient (Wildman–Crippen LogP) is 0.378. The molecule has 0 aromatic carbocycles. The molecule has 0 aromatic rings. The molecule has 154 valence electrons. The molecular formula is C19H34N4O4. The van der Waals surface area contributed by atoms with Crippen LogP contribution in [0.25, 0.3) is 0 Å². The molecule has 3 aliphatic rings. The number of urea groups is 1. The second kappa shape index (κ2) is 10.2. The van der Waals surface area contributed by atoms with E-state index < -0.39 is 0 Å². The number of piperidine rings is 1. The molecule has 1 unspecified atom stereocenters. The number of rotatable bonds is 8. The number of ether oxygens (including phenoxy) is 2. The number of likely N-dealkylation sites (tertiary alicyclic amines) is 1. The van der Waals surface area contributed by atoms with Crippen molar-refractivity contribution in [3.8, 4) is 0 Å². The van der Waals surface area contributed by atoms with Gasteiger partial charge in [0.2, 0.25) is 5.91 Å². The molecule has 2 saturated heterocycles. The summed E-state index contributed by atoms with van der Waals surface area (Å²) < 4.78 is 10.4. The standard InChI is InChI=1S/C19H34N4O4/c1-26-12-6-20-19(25)22-7-2-3-17(15-22)23(18(24)16-4-5-16)9-8-21-10-13-27-14-11-21/h16-17H,2-15H2,1H3,(H,20,25). The molecule has 8 nitrogen and oxygen atoms in total. The average molecular weight is 383 g/mol. The van der Waals surface area contributed by atoms with Gasteiger partial charge in [0, 0.05) is 64.9 Å². The summed E-state index contributed by atoms with van der Waals surface area (Å²) in [6, 6.07) is 0.0739. The summed E-state index contributed by atoms with van der Waals surface area (Å²) in [6.45, 7) is 7.45. The smallest absolute Gasteiger partial charge is 0.317 e. The largest absolute Gasteiger partial charge is 0.383 e. The first-order valence-electron chi connectivity index (χ1n) is 10.3. The minimum absolute atomic E-state index is 0.0521. The zero-order valence-corrected chi connectivity index (χ0v) is 16.5. The van der Waals surface area contributed by atoms with Crippen molar-refractivity contribution < 1.29 is 19.1 Å². The fourth-order valence-electron chi connectivity index (χ4n) is 3.88. The van der Waals surface area contributed by atoms with E-state index in [9.17, 15) is 9.59 Å². The van der Waals surface area contributed by atoms with Crippen LogP contribution in [0.1, 0.15) is 25.7 Å². The summed E-state index contributed by atoms with van der Waals surface area (Å²) in [5, 5.41) is 2.90. The third-order valence-corrected chi connectivity index (χ3v) is 5.68. The Morgan fingerprint density at radius 2 is 1.96 bits per heavy atom. The third kappa shape index (κ3) is 6.05. The Bertz CT molecular complexity index is 494. The van der Waals surface area contributed by atoms with Crippen LogP contribution in [0.3, 0.4) is 0 Å². The molecule has 0 aromatic heterocycles. The van der Waals surface area contributed by atoms with Crippen molar-refractivity contribution in [2.75, 3.05) is 72.7 Å². The van der Waals surface area contributed by atoms with Gasteiger partial charge < -0.3 is 24.6 Å². The highest BCUT2D eigenvalue weighted by molar-refractivity contribution is 5.81. The zero-order chi connectivity index (χ0) is 19.1. The molecule has 2 heterocycles. The number of hydrogen-bond acceptors (Lipinski definition) is 5. The van der Waals surface area contributed by atoms with Crippen molar-refractivity contribution in [2.24, 2.45) is 5.92 Å². The second-order valence-corrected chi connectivity index (χ2v) is 7.73. The van der Waals surface area contributed by atoms with Crippen molar-refractivity contribution in [3.05, 3.63) is 0 Å². The molecule has 3 rings (SSSR count). The zero-order valence-electron chi connectivity index (χ0n) is 16.5. The molecule has 0 bridgehead atoms. The lowest BCUT2D eigenvalue weighted by Gasteiger charge is -2.40. The van der Waals surface area contributed by atoms with Gasteiger partial charge in [-0.15, -0.1) is 0 Å². The fourth-order valence-corrected chi connectivity index (χ4v) is 3.88. The normalized spacial score (nSPS) is 23.9. The van der Waals surface area contributed by atoms with Crippen LogP contribution in [0.2, 0.25) is 0 Å². The van der Waals surface area contributed by atoms with E-state index in [1.54, 1.807) is 7.11 Å². The minimum atomic E-state index is -0.0521. The predicted molar refractivity (Wildman–Crippen MR) is 102 cm³/mol.